The molecule has 2 saturated heterocycles. The standard InChI is InChI=1S/C27H24ClF2N3O2/c28-20-5-11-23(12-6-20)33-25(34)17-24(27(33)35)31-13-15-32(16-14-31)26(18-1-7-21(29)8-2-18)19-3-9-22(30)10-4-19/h1-12,24,26H,13-17H2/t24-/m0/s1. The van der Waals surface area contributed by atoms with Crippen LogP contribution in [0.15, 0.2) is 72.8 Å². The largest absolute Gasteiger partial charge is 0.290 e. The van der Waals surface area contributed by atoms with Crippen molar-refractivity contribution in [2.45, 2.75) is 18.5 Å². The first-order chi connectivity index (χ1) is 16.9. The lowest BCUT2D eigenvalue weighted by Crippen LogP contribution is -2.53. The zero-order chi connectivity index (χ0) is 24.5. The van der Waals surface area contributed by atoms with Gasteiger partial charge in [0.15, 0.2) is 0 Å². The Morgan fingerprint density at radius 2 is 1.26 bits per heavy atom. The smallest absolute Gasteiger partial charge is 0.251 e. The topological polar surface area (TPSA) is 43.9 Å². The van der Waals surface area contributed by atoms with Crippen LogP contribution >= 0.6 is 11.6 Å². The number of halogens is 3. The van der Waals surface area contributed by atoms with E-state index in [9.17, 15) is 18.4 Å². The highest BCUT2D eigenvalue weighted by molar-refractivity contribution is 6.30. The maximum absolute atomic E-state index is 13.6. The number of rotatable bonds is 5. The third-order valence-electron chi connectivity index (χ3n) is 6.73. The molecule has 2 heterocycles. The monoisotopic (exact) mass is 495 g/mol. The number of carbonyl (C=O) groups is 2. The van der Waals surface area contributed by atoms with E-state index in [-0.39, 0.29) is 35.9 Å². The highest BCUT2D eigenvalue weighted by Gasteiger charge is 2.43. The second-order valence-corrected chi connectivity index (χ2v) is 9.28. The number of hydrogen-bond acceptors (Lipinski definition) is 4. The van der Waals surface area contributed by atoms with E-state index in [1.807, 2.05) is 0 Å². The lowest BCUT2D eigenvalue weighted by Gasteiger charge is -2.41. The van der Waals surface area contributed by atoms with E-state index in [1.165, 1.54) is 29.2 Å². The number of anilines is 1. The van der Waals surface area contributed by atoms with Crippen molar-refractivity contribution in [3.8, 4) is 0 Å². The average molecular weight is 496 g/mol. The summed E-state index contributed by atoms with van der Waals surface area (Å²) in [6.07, 6.45) is 0.140. The van der Waals surface area contributed by atoms with Crippen molar-refractivity contribution >= 4 is 29.1 Å². The second-order valence-electron chi connectivity index (χ2n) is 8.84. The molecule has 0 bridgehead atoms. The Kier molecular flexibility index (Phi) is 6.65. The van der Waals surface area contributed by atoms with Gasteiger partial charge in [0, 0.05) is 31.2 Å². The van der Waals surface area contributed by atoms with Gasteiger partial charge in [-0.2, -0.15) is 0 Å². The molecule has 2 amide bonds. The summed E-state index contributed by atoms with van der Waals surface area (Å²) in [5.41, 5.74) is 2.35. The van der Waals surface area contributed by atoms with E-state index in [4.69, 9.17) is 11.6 Å². The molecule has 5 nitrogen and oxygen atoms in total. The second kappa shape index (κ2) is 9.85. The van der Waals surface area contributed by atoms with Crippen LogP contribution in [0.3, 0.4) is 0 Å². The number of carbonyl (C=O) groups excluding carboxylic acids is 2. The predicted octanol–water partition coefficient (Wildman–Crippen LogP) is 4.66. The number of imide groups is 1. The van der Waals surface area contributed by atoms with Crippen molar-refractivity contribution in [1.82, 2.24) is 9.80 Å². The SMILES string of the molecule is O=C1C[C@H](N2CCN(C(c3ccc(F)cc3)c3ccc(F)cc3)CC2)C(=O)N1c1ccc(Cl)cc1. The number of amides is 2. The van der Waals surface area contributed by atoms with Gasteiger partial charge in [-0.1, -0.05) is 35.9 Å². The lowest BCUT2D eigenvalue weighted by molar-refractivity contribution is -0.123. The van der Waals surface area contributed by atoms with E-state index in [1.54, 1.807) is 48.5 Å². The van der Waals surface area contributed by atoms with Gasteiger partial charge in [-0.25, -0.2) is 13.7 Å². The molecule has 3 aromatic rings. The van der Waals surface area contributed by atoms with Crippen molar-refractivity contribution in [3.05, 3.63) is 101 Å². The molecule has 0 radical (unpaired) electrons. The molecule has 0 saturated carbocycles. The summed E-state index contributed by atoms with van der Waals surface area (Å²) in [6.45, 7) is 2.46. The number of benzene rings is 3. The first-order valence-corrected chi connectivity index (χ1v) is 11.9. The van der Waals surface area contributed by atoms with Crippen LogP contribution in [0.25, 0.3) is 0 Å². The molecule has 0 unspecified atom stereocenters. The quantitative estimate of drug-likeness (QED) is 0.483. The van der Waals surface area contributed by atoms with Crippen LogP contribution in [0.2, 0.25) is 5.02 Å². The molecule has 180 valence electrons. The summed E-state index contributed by atoms with van der Waals surface area (Å²) in [5.74, 6) is -1.07. The molecule has 2 aliphatic heterocycles. The Morgan fingerprint density at radius 3 is 1.77 bits per heavy atom. The van der Waals surface area contributed by atoms with Crippen LogP contribution in [0.4, 0.5) is 14.5 Å². The van der Waals surface area contributed by atoms with E-state index in [0.717, 1.165) is 11.1 Å². The van der Waals surface area contributed by atoms with Crippen LogP contribution in [-0.2, 0) is 9.59 Å². The zero-order valence-electron chi connectivity index (χ0n) is 18.9. The molecule has 2 fully saturated rings. The number of nitrogens with zero attached hydrogens (tertiary/aromatic N) is 3. The van der Waals surface area contributed by atoms with Gasteiger partial charge in [0.1, 0.15) is 11.6 Å². The first-order valence-electron chi connectivity index (χ1n) is 11.5. The van der Waals surface area contributed by atoms with Crippen molar-refractivity contribution < 1.29 is 18.4 Å². The third kappa shape index (κ3) is 4.85. The minimum absolute atomic E-state index is 0.140. The van der Waals surface area contributed by atoms with Crippen LogP contribution in [0.1, 0.15) is 23.6 Å². The van der Waals surface area contributed by atoms with Gasteiger partial charge in [-0.3, -0.25) is 19.4 Å². The minimum atomic E-state index is -0.504. The van der Waals surface area contributed by atoms with Crippen molar-refractivity contribution in [3.63, 3.8) is 0 Å². The normalized spacial score (nSPS) is 19.7. The van der Waals surface area contributed by atoms with Crippen LogP contribution in [0, 0.1) is 11.6 Å². The zero-order valence-corrected chi connectivity index (χ0v) is 19.7. The molecule has 5 rings (SSSR count). The van der Waals surface area contributed by atoms with E-state index in [0.29, 0.717) is 36.9 Å². The Hall–Kier alpha value is -3.13. The fourth-order valence-corrected chi connectivity index (χ4v) is 5.10. The van der Waals surface area contributed by atoms with E-state index >= 15 is 0 Å². The van der Waals surface area contributed by atoms with Gasteiger partial charge in [0.2, 0.25) is 5.91 Å². The summed E-state index contributed by atoms with van der Waals surface area (Å²) < 4.78 is 27.1. The lowest BCUT2D eigenvalue weighted by atomic mass is 9.96. The molecule has 0 aromatic heterocycles. The van der Waals surface area contributed by atoms with Crippen molar-refractivity contribution in [2.24, 2.45) is 0 Å². The van der Waals surface area contributed by atoms with E-state index in [2.05, 4.69) is 9.80 Å². The Labute approximate surface area is 207 Å². The molecule has 0 aliphatic carbocycles. The van der Waals surface area contributed by atoms with Crippen LogP contribution in [0.5, 0.6) is 0 Å². The molecule has 3 aromatic carbocycles. The molecular formula is C27H24ClF2N3O2. The molecule has 1 atom stereocenters. The minimum Gasteiger partial charge on any atom is -0.290 e. The van der Waals surface area contributed by atoms with Crippen molar-refractivity contribution in [2.75, 3.05) is 31.1 Å². The predicted molar refractivity (Wildman–Crippen MR) is 130 cm³/mol. The maximum Gasteiger partial charge on any atom is 0.251 e. The third-order valence-corrected chi connectivity index (χ3v) is 6.99. The first kappa shape index (κ1) is 23.6. The number of hydrogen-bond donors (Lipinski definition) is 0. The average Bonchev–Trinajstić information content (AvgIpc) is 3.16. The fourth-order valence-electron chi connectivity index (χ4n) is 4.97. The Bertz CT molecular complexity index is 1170. The summed E-state index contributed by atoms with van der Waals surface area (Å²) in [6, 6.07) is 18.7. The van der Waals surface area contributed by atoms with Gasteiger partial charge in [0.05, 0.1) is 24.2 Å². The molecular weight excluding hydrogens is 472 g/mol. The summed E-state index contributed by atoms with van der Waals surface area (Å²) in [5, 5.41) is 0.539. The van der Waals surface area contributed by atoms with Gasteiger partial charge in [0.25, 0.3) is 5.91 Å². The number of piperazine rings is 1. The van der Waals surface area contributed by atoms with Gasteiger partial charge >= 0.3 is 0 Å². The van der Waals surface area contributed by atoms with Crippen molar-refractivity contribution in [1.29, 1.82) is 0 Å². The highest BCUT2D eigenvalue weighted by Crippen LogP contribution is 2.32. The maximum atomic E-state index is 13.6. The van der Waals surface area contributed by atoms with Gasteiger partial charge in [-0.15, -0.1) is 0 Å². The summed E-state index contributed by atoms with van der Waals surface area (Å²) in [4.78, 5) is 31.4. The summed E-state index contributed by atoms with van der Waals surface area (Å²) >= 11 is 5.95. The van der Waals surface area contributed by atoms with Gasteiger partial charge in [-0.05, 0) is 59.7 Å². The molecule has 0 N–H and O–H groups in total. The Morgan fingerprint density at radius 1 is 0.743 bits per heavy atom. The molecule has 2 aliphatic rings. The van der Waals surface area contributed by atoms with Crippen LogP contribution in [-0.4, -0.2) is 53.8 Å². The van der Waals surface area contributed by atoms with Crippen LogP contribution < -0.4 is 4.90 Å². The van der Waals surface area contributed by atoms with E-state index < -0.39 is 6.04 Å². The fraction of sp³-hybridized carbons (Fsp3) is 0.259. The molecule has 35 heavy (non-hydrogen) atoms. The summed E-state index contributed by atoms with van der Waals surface area (Å²) in [7, 11) is 0. The van der Waals surface area contributed by atoms with Gasteiger partial charge < -0.3 is 0 Å². The highest BCUT2D eigenvalue weighted by atomic mass is 35.5. The molecule has 8 heteroatoms. The Balaban J connectivity index is 1.32. The molecule has 0 spiro atoms.